The number of benzene rings is 3. The van der Waals surface area contributed by atoms with Crippen molar-refractivity contribution in [3.8, 4) is 0 Å². The Morgan fingerprint density at radius 3 is 2.33 bits per heavy atom. The second-order valence-corrected chi connectivity index (χ2v) is 12.3. The molecule has 0 saturated heterocycles. The smallest absolute Gasteiger partial charge is 0.305 e. The van der Waals surface area contributed by atoms with E-state index in [2.05, 4.69) is 0 Å². The molecule has 0 aromatic heterocycles. The maximum absolute atomic E-state index is 14.3. The minimum Gasteiger partial charge on any atom is -0.481 e. The number of carboxylic acids is 1. The summed E-state index contributed by atoms with van der Waals surface area (Å²) in [6.45, 7) is -0.140. The largest absolute Gasteiger partial charge is 0.481 e. The Labute approximate surface area is 228 Å². The fourth-order valence-corrected chi connectivity index (χ4v) is 6.94. The van der Waals surface area contributed by atoms with Crippen molar-refractivity contribution in [2.24, 2.45) is 11.5 Å². The SMILES string of the molecule is N=C(N)c1cccc(C[C@](N)(C(=O)N(CCC(=O)O)C2CCCCC2)S(=O)(=O)c2ccc3ccccc3c2)c1. The van der Waals surface area contributed by atoms with E-state index in [1.54, 1.807) is 42.5 Å². The van der Waals surface area contributed by atoms with Crippen LogP contribution in [-0.2, 0) is 25.8 Å². The van der Waals surface area contributed by atoms with E-state index in [0.29, 0.717) is 29.4 Å². The molecule has 0 spiro atoms. The lowest BCUT2D eigenvalue weighted by Gasteiger charge is -2.40. The van der Waals surface area contributed by atoms with Gasteiger partial charge in [-0.05, 0) is 47.4 Å². The number of carbonyl (C=O) groups excluding carboxylic acids is 1. The first-order valence-electron chi connectivity index (χ1n) is 13.0. The van der Waals surface area contributed by atoms with Crippen LogP contribution >= 0.6 is 0 Å². The maximum atomic E-state index is 14.3. The van der Waals surface area contributed by atoms with Crippen LogP contribution in [0.4, 0.5) is 0 Å². The molecule has 39 heavy (non-hydrogen) atoms. The third kappa shape index (κ3) is 5.97. The number of rotatable bonds is 10. The molecular weight excluding hydrogens is 516 g/mol. The normalized spacial score (nSPS) is 15.9. The van der Waals surface area contributed by atoms with E-state index >= 15 is 0 Å². The molecule has 10 heteroatoms. The third-order valence-corrected chi connectivity index (χ3v) is 9.57. The Bertz CT molecular complexity index is 1500. The van der Waals surface area contributed by atoms with E-state index in [9.17, 15) is 23.1 Å². The van der Waals surface area contributed by atoms with E-state index in [4.69, 9.17) is 16.9 Å². The van der Waals surface area contributed by atoms with Crippen molar-refractivity contribution in [2.75, 3.05) is 6.54 Å². The van der Waals surface area contributed by atoms with Crippen molar-refractivity contribution in [3.05, 3.63) is 77.9 Å². The molecular formula is C29H34N4O5S. The highest BCUT2D eigenvalue weighted by Gasteiger charge is 2.51. The van der Waals surface area contributed by atoms with Crippen LogP contribution in [0.5, 0.6) is 0 Å². The summed E-state index contributed by atoms with van der Waals surface area (Å²) >= 11 is 0. The zero-order valence-corrected chi connectivity index (χ0v) is 22.5. The molecule has 6 N–H and O–H groups in total. The Morgan fingerprint density at radius 1 is 0.974 bits per heavy atom. The molecule has 1 amide bonds. The number of carboxylic acid groups (broad SMARTS) is 1. The standard InChI is InChI=1S/C29H34N4O5S/c30-27(31)23-10-6-7-20(17-23)19-29(32,28(36)33(16-15-26(34)35)24-11-2-1-3-12-24)39(37,38)25-14-13-21-8-4-5-9-22(21)18-25/h4-10,13-14,17-18,24H,1-3,11-12,15-16,19,32H2,(H3,30,31)(H,34,35)/t29-/m1/s1. The number of amidine groups is 1. The lowest BCUT2D eigenvalue weighted by molar-refractivity contribution is -0.141. The van der Waals surface area contributed by atoms with Crippen LogP contribution in [0.15, 0.2) is 71.6 Å². The predicted octanol–water partition coefficient (Wildman–Crippen LogP) is 3.43. The van der Waals surface area contributed by atoms with E-state index in [0.717, 1.165) is 24.6 Å². The van der Waals surface area contributed by atoms with Crippen molar-refractivity contribution in [3.63, 3.8) is 0 Å². The Balaban J connectivity index is 1.84. The van der Waals surface area contributed by atoms with Crippen LogP contribution < -0.4 is 11.5 Å². The summed E-state index contributed by atoms with van der Waals surface area (Å²) in [6.07, 6.45) is 3.31. The van der Waals surface area contributed by atoms with Crippen LogP contribution in [0.1, 0.15) is 49.7 Å². The molecule has 1 saturated carbocycles. The van der Waals surface area contributed by atoms with Crippen LogP contribution in [0, 0.1) is 5.41 Å². The van der Waals surface area contributed by atoms with Gasteiger partial charge in [0.2, 0.25) is 14.7 Å². The predicted molar refractivity (Wildman–Crippen MR) is 150 cm³/mol. The zero-order valence-electron chi connectivity index (χ0n) is 21.7. The Kier molecular flexibility index (Phi) is 8.36. The number of hydrogen-bond acceptors (Lipinski definition) is 6. The van der Waals surface area contributed by atoms with Crippen LogP contribution in [0.3, 0.4) is 0 Å². The van der Waals surface area contributed by atoms with Gasteiger partial charge in [0.25, 0.3) is 5.91 Å². The summed E-state index contributed by atoms with van der Waals surface area (Å²) in [4.78, 5) is 24.7. The molecule has 0 unspecified atom stereocenters. The van der Waals surface area contributed by atoms with Crippen molar-refractivity contribution in [1.82, 2.24) is 4.90 Å². The van der Waals surface area contributed by atoms with Gasteiger partial charge in [0.15, 0.2) is 0 Å². The zero-order chi connectivity index (χ0) is 28.2. The average Bonchev–Trinajstić information content (AvgIpc) is 2.93. The molecule has 1 aliphatic carbocycles. The van der Waals surface area contributed by atoms with Gasteiger partial charge in [-0.3, -0.25) is 15.0 Å². The van der Waals surface area contributed by atoms with Crippen LogP contribution in [0.2, 0.25) is 0 Å². The first-order chi connectivity index (χ1) is 18.5. The molecule has 3 aromatic carbocycles. The number of hydrogen-bond donors (Lipinski definition) is 4. The van der Waals surface area contributed by atoms with Gasteiger partial charge in [-0.2, -0.15) is 0 Å². The number of nitrogens with zero attached hydrogens (tertiary/aromatic N) is 1. The number of fused-ring (bicyclic) bond motifs is 1. The van der Waals surface area contributed by atoms with E-state index in [-0.39, 0.29) is 36.2 Å². The summed E-state index contributed by atoms with van der Waals surface area (Å²) in [5, 5.41) is 18.7. The third-order valence-electron chi connectivity index (χ3n) is 7.42. The quantitative estimate of drug-likeness (QED) is 0.221. The molecule has 0 radical (unpaired) electrons. The summed E-state index contributed by atoms with van der Waals surface area (Å²) < 4.78 is 28.7. The van der Waals surface area contributed by atoms with Gasteiger partial charge in [0.1, 0.15) is 5.84 Å². The minimum atomic E-state index is -4.49. The summed E-state index contributed by atoms with van der Waals surface area (Å²) in [5.41, 5.74) is 13.2. The second kappa shape index (κ2) is 11.5. The molecule has 1 fully saturated rings. The maximum Gasteiger partial charge on any atom is 0.305 e. The van der Waals surface area contributed by atoms with E-state index in [1.165, 1.54) is 17.0 Å². The fourth-order valence-electron chi connectivity index (χ4n) is 5.28. The Hall–Kier alpha value is -3.76. The van der Waals surface area contributed by atoms with Crippen molar-refractivity contribution in [1.29, 1.82) is 5.41 Å². The highest BCUT2D eigenvalue weighted by molar-refractivity contribution is 7.93. The second-order valence-electron chi connectivity index (χ2n) is 10.1. The highest BCUT2D eigenvalue weighted by atomic mass is 32.2. The lowest BCUT2D eigenvalue weighted by atomic mass is 9.93. The molecule has 9 nitrogen and oxygen atoms in total. The van der Waals surface area contributed by atoms with Crippen molar-refractivity contribution >= 4 is 38.3 Å². The molecule has 0 heterocycles. The van der Waals surface area contributed by atoms with Gasteiger partial charge in [-0.15, -0.1) is 0 Å². The Morgan fingerprint density at radius 2 is 1.67 bits per heavy atom. The highest BCUT2D eigenvalue weighted by Crippen LogP contribution is 2.33. The number of nitrogens with one attached hydrogen (secondary N) is 1. The molecule has 1 atom stereocenters. The molecule has 206 valence electrons. The number of nitrogen functional groups attached to an aromatic ring is 1. The molecule has 1 aliphatic rings. The number of carbonyl (C=O) groups is 2. The van der Waals surface area contributed by atoms with Crippen molar-refractivity contribution < 1.29 is 23.1 Å². The average molecular weight is 551 g/mol. The number of sulfone groups is 1. The van der Waals surface area contributed by atoms with E-state index in [1.807, 2.05) is 12.1 Å². The van der Waals surface area contributed by atoms with Gasteiger partial charge in [0.05, 0.1) is 11.3 Å². The van der Waals surface area contributed by atoms with Gasteiger partial charge < -0.3 is 21.5 Å². The summed E-state index contributed by atoms with van der Waals surface area (Å²) in [5.74, 6) is -2.11. The van der Waals surface area contributed by atoms with Crippen LogP contribution in [0.25, 0.3) is 10.8 Å². The lowest BCUT2D eigenvalue weighted by Crippen LogP contribution is -2.63. The van der Waals surface area contributed by atoms with E-state index < -0.39 is 26.6 Å². The topological polar surface area (TPSA) is 168 Å². The molecule has 0 aliphatic heterocycles. The minimum absolute atomic E-state index is 0.0957. The number of amides is 1. The van der Waals surface area contributed by atoms with Gasteiger partial charge in [-0.1, -0.05) is 67.8 Å². The first kappa shape index (κ1) is 28.3. The van der Waals surface area contributed by atoms with Gasteiger partial charge in [0, 0.05) is 24.6 Å². The molecule has 4 rings (SSSR count). The molecule has 0 bridgehead atoms. The van der Waals surface area contributed by atoms with Gasteiger partial charge >= 0.3 is 5.97 Å². The summed E-state index contributed by atoms with van der Waals surface area (Å²) in [6, 6.07) is 18.0. The first-order valence-corrected chi connectivity index (χ1v) is 14.5. The summed E-state index contributed by atoms with van der Waals surface area (Å²) in [7, 11) is -4.49. The van der Waals surface area contributed by atoms with Crippen molar-refractivity contribution in [2.45, 2.75) is 60.8 Å². The molecule has 3 aromatic rings. The fraction of sp³-hybridized carbons (Fsp3) is 0.345. The number of nitrogens with two attached hydrogens (primary N) is 2. The van der Waals surface area contributed by atoms with Crippen LogP contribution in [-0.4, -0.2) is 53.6 Å². The number of aliphatic carboxylic acids is 1. The van der Waals surface area contributed by atoms with Gasteiger partial charge in [-0.25, -0.2) is 8.42 Å². The monoisotopic (exact) mass is 550 g/mol.